The number of hydrogen-bond donors (Lipinski definition) is 1. The molecule has 0 spiro atoms. The minimum absolute atomic E-state index is 0.247. The van der Waals surface area contributed by atoms with Crippen LogP contribution in [0.25, 0.3) is 21.8 Å². The van der Waals surface area contributed by atoms with E-state index in [2.05, 4.69) is 70.0 Å². The van der Waals surface area contributed by atoms with Gasteiger partial charge >= 0.3 is 0 Å². The predicted molar refractivity (Wildman–Crippen MR) is 130 cm³/mol. The Kier molecular flexibility index (Phi) is 5.38. The van der Waals surface area contributed by atoms with Crippen molar-refractivity contribution in [1.29, 1.82) is 0 Å². The van der Waals surface area contributed by atoms with E-state index in [-0.39, 0.29) is 6.04 Å². The maximum absolute atomic E-state index is 4.85. The lowest BCUT2D eigenvalue weighted by Crippen LogP contribution is -2.46. The molecule has 1 N–H and O–H groups in total. The van der Waals surface area contributed by atoms with Gasteiger partial charge in [-0.2, -0.15) is 5.10 Å². The van der Waals surface area contributed by atoms with Crippen LogP contribution in [0.1, 0.15) is 32.4 Å². The highest BCUT2D eigenvalue weighted by atomic mass is 15.3. The molecule has 1 saturated heterocycles. The molecule has 8 nitrogen and oxygen atoms in total. The number of rotatable bonds is 5. The average Bonchev–Trinajstić information content (AvgIpc) is 3.27. The van der Waals surface area contributed by atoms with Gasteiger partial charge < -0.3 is 15.1 Å². The van der Waals surface area contributed by atoms with Crippen LogP contribution in [0.3, 0.4) is 0 Å². The zero-order valence-corrected chi connectivity index (χ0v) is 19.2. The molecule has 0 amide bonds. The zero-order chi connectivity index (χ0) is 22.2. The van der Waals surface area contributed by atoms with Crippen LogP contribution in [-0.2, 0) is 0 Å². The largest absolute Gasteiger partial charge is 0.368 e. The molecular formula is C24H30N8. The highest BCUT2D eigenvalue weighted by Gasteiger charge is 2.17. The first kappa shape index (κ1) is 20.6. The normalized spacial score (nSPS) is 15.2. The summed E-state index contributed by atoms with van der Waals surface area (Å²) in [4.78, 5) is 18.9. The van der Waals surface area contributed by atoms with Crippen LogP contribution in [-0.4, -0.2) is 62.4 Å². The zero-order valence-electron chi connectivity index (χ0n) is 19.2. The quantitative estimate of drug-likeness (QED) is 0.510. The molecular weight excluding hydrogens is 400 g/mol. The molecule has 4 heterocycles. The minimum Gasteiger partial charge on any atom is -0.368 e. The molecule has 0 atom stereocenters. The molecule has 0 bridgehead atoms. The van der Waals surface area contributed by atoms with E-state index in [0.717, 1.165) is 66.0 Å². The van der Waals surface area contributed by atoms with Gasteiger partial charge in [-0.25, -0.2) is 15.0 Å². The molecule has 1 fully saturated rings. The van der Waals surface area contributed by atoms with Gasteiger partial charge in [0.15, 0.2) is 0 Å². The maximum Gasteiger partial charge on any atom is 0.228 e. The fourth-order valence-corrected chi connectivity index (χ4v) is 4.42. The van der Waals surface area contributed by atoms with E-state index in [9.17, 15) is 0 Å². The molecule has 8 heteroatoms. The number of likely N-dealkylation sites (N-methyl/N-ethyl adjacent to an activating group) is 1. The van der Waals surface area contributed by atoms with E-state index in [1.165, 1.54) is 5.56 Å². The lowest BCUT2D eigenvalue weighted by molar-refractivity contribution is 0.271. The van der Waals surface area contributed by atoms with Crippen molar-refractivity contribution in [2.75, 3.05) is 42.9 Å². The van der Waals surface area contributed by atoms with Gasteiger partial charge in [-0.05, 0) is 51.1 Å². The lowest BCUT2D eigenvalue weighted by Gasteiger charge is -2.35. The Morgan fingerprint density at radius 3 is 2.53 bits per heavy atom. The number of hydrogen-bond acceptors (Lipinski definition) is 7. The molecule has 0 aliphatic carbocycles. The van der Waals surface area contributed by atoms with Gasteiger partial charge in [-0.1, -0.05) is 6.92 Å². The Bertz CT molecular complexity index is 1240. The second-order valence-corrected chi connectivity index (χ2v) is 8.72. The van der Waals surface area contributed by atoms with Crippen LogP contribution in [0.4, 0.5) is 17.5 Å². The van der Waals surface area contributed by atoms with Crippen molar-refractivity contribution in [2.24, 2.45) is 0 Å². The van der Waals surface area contributed by atoms with E-state index in [1.807, 2.05) is 29.3 Å². The topological polar surface area (TPSA) is 75.0 Å². The summed E-state index contributed by atoms with van der Waals surface area (Å²) in [6.45, 7) is 14.0. The van der Waals surface area contributed by atoms with E-state index >= 15 is 0 Å². The van der Waals surface area contributed by atoms with Gasteiger partial charge in [0.1, 0.15) is 11.3 Å². The second-order valence-electron chi connectivity index (χ2n) is 8.72. The van der Waals surface area contributed by atoms with Crippen molar-refractivity contribution < 1.29 is 0 Å². The SMILES string of the molecule is CCN1CCN(c2ccc(Nc3ncc4cc(C)c5cnn(C(C)C)c5c4n3)nc2)CC1. The molecule has 5 rings (SSSR count). The fourth-order valence-electron chi connectivity index (χ4n) is 4.42. The Morgan fingerprint density at radius 2 is 1.84 bits per heavy atom. The van der Waals surface area contributed by atoms with Crippen molar-refractivity contribution in [3.63, 3.8) is 0 Å². The summed E-state index contributed by atoms with van der Waals surface area (Å²) in [5, 5.41) is 10.0. The summed E-state index contributed by atoms with van der Waals surface area (Å²) in [7, 11) is 0. The van der Waals surface area contributed by atoms with Crippen molar-refractivity contribution in [3.05, 3.63) is 42.4 Å². The maximum atomic E-state index is 4.85. The first-order chi connectivity index (χ1) is 15.5. The van der Waals surface area contributed by atoms with Crippen LogP contribution in [0.15, 0.2) is 36.8 Å². The standard InChI is InChI=1S/C24H30N8/c1-5-30-8-10-31(11-9-30)19-6-7-21(25-14-19)28-24-26-13-18-12-17(4)20-15-27-32(16(2)3)23(20)22(18)29-24/h6-7,12-16H,5,8-11H2,1-4H3,(H,25,26,28,29). The number of piperazine rings is 1. The number of fused-ring (bicyclic) bond motifs is 3. The van der Waals surface area contributed by atoms with Crippen LogP contribution < -0.4 is 10.2 Å². The van der Waals surface area contributed by atoms with E-state index < -0.39 is 0 Å². The molecule has 4 aromatic rings. The van der Waals surface area contributed by atoms with E-state index in [4.69, 9.17) is 4.98 Å². The molecule has 1 aromatic carbocycles. The van der Waals surface area contributed by atoms with Crippen LogP contribution in [0.5, 0.6) is 0 Å². The Balaban J connectivity index is 1.41. The smallest absolute Gasteiger partial charge is 0.228 e. The average molecular weight is 431 g/mol. The van der Waals surface area contributed by atoms with Gasteiger partial charge in [0, 0.05) is 49.2 Å². The fraction of sp³-hybridized carbons (Fsp3) is 0.417. The van der Waals surface area contributed by atoms with Crippen molar-refractivity contribution in [1.82, 2.24) is 29.6 Å². The Morgan fingerprint density at radius 1 is 1.03 bits per heavy atom. The van der Waals surface area contributed by atoms with Gasteiger partial charge in [-0.15, -0.1) is 0 Å². The van der Waals surface area contributed by atoms with Gasteiger partial charge in [-0.3, -0.25) is 4.68 Å². The summed E-state index contributed by atoms with van der Waals surface area (Å²) in [6, 6.07) is 6.49. The van der Waals surface area contributed by atoms with Gasteiger partial charge in [0.25, 0.3) is 0 Å². The van der Waals surface area contributed by atoms with Crippen molar-refractivity contribution >= 4 is 39.3 Å². The van der Waals surface area contributed by atoms with Crippen LogP contribution >= 0.6 is 0 Å². The molecule has 1 aliphatic rings. The highest BCUT2D eigenvalue weighted by Crippen LogP contribution is 2.29. The minimum atomic E-state index is 0.247. The first-order valence-electron chi connectivity index (χ1n) is 11.4. The van der Waals surface area contributed by atoms with Gasteiger partial charge in [0.05, 0.1) is 23.6 Å². The third-order valence-electron chi connectivity index (χ3n) is 6.30. The number of anilines is 3. The third-order valence-corrected chi connectivity index (χ3v) is 6.30. The number of aryl methyl sites for hydroxylation is 1. The van der Waals surface area contributed by atoms with E-state index in [1.54, 1.807) is 0 Å². The number of aromatic nitrogens is 5. The van der Waals surface area contributed by atoms with Crippen molar-refractivity contribution in [2.45, 2.75) is 33.7 Å². The summed E-state index contributed by atoms with van der Waals surface area (Å²) in [5.74, 6) is 1.27. The number of nitrogens with zero attached hydrogens (tertiary/aromatic N) is 7. The monoisotopic (exact) mass is 430 g/mol. The Labute approximate surface area is 188 Å². The molecule has 1 aliphatic heterocycles. The molecule has 166 valence electrons. The summed E-state index contributed by atoms with van der Waals surface area (Å²) < 4.78 is 2.03. The molecule has 32 heavy (non-hydrogen) atoms. The summed E-state index contributed by atoms with van der Waals surface area (Å²) >= 11 is 0. The number of nitrogens with one attached hydrogen (secondary N) is 1. The number of benzene rings is 1. The summed E-state index contributed by atoms with van der Waals surface area (Å²) in [5.41, 5.74) is 4.29. The van der Waals surface area contributed by atoms with Crippen LogP contribution in [0.2, 0.25) is 0 Å². The molecule has 3 aromatic heterocycles. The van der Waals surface area contributed by atoms with Crippen molar-refractivity contribution in [3.8, 4) is 0 Å². The van der Waals surface area contributed by atoms with Gasteiger partial charge in [0.2, 0.25) is 5.95 Å². The second kappa shape index (κ2) is 8.35. The summed E-state index contributed by atoms with van der Waals surface area (Å²) in [6.07, 6.45) is 5.73. The lowest BCUT2D eigenvalue weighted by atomic mass is 10.1. The molecule has 0 unspecified atom stereocenters. The number of pyridine rings is 1. The first-order valence-corrected chi connectivity index (χ1v) is 11.4. The Hall–Kier alpha value is -3.26. The highest BCUT2D eigenvalue weighted by molar-refractivity contribution is 6.04. The predicted octanol–water partition coefficient (Wildman–Crippen LogP) is 4.15. The molecule has 0 radical (unpaired) electrons. The van der Waals surface area contributed by atoms with E-state index in [0.29, 0.717) is 5.95 Å². The van der Waals surface area contributed by atoms with Crippen LogP contribution in [0, 0.1) is 6.92 Å². The third kappa shape index (κ3) is 3.75. The molecule has 0 saturated carbocycles.